The molecule has 4 N–H and O–H groups in total. The molecule has 0 saturated heterocycles. The van der Waals surface area contributed by atoms with Gasteiger partial charge in [0.2, 0.25) is 0 Å². The third kappa shape index (κ3) is 0.763. The van der Waals surface area contributed by atoms with Gasteiger partial charge in [-0.2, -0.15) is 0 Å². The van der Waals surface area contributed by atoms with E-state index in [9.17, 15) is 5.11 Å². The first-order valence-corrected chi connectivity index (χ1v) is 3.76. The molecule has 3 heteroatoms. The summed E-state index contributed by atoms with van der Waals surface area (Å²) in [5.74, 6) is 0.153. The van der Waals surface area contributed by atoms with Gasteiger partial charge in [-0.15, -0.1) is 0 Å². The first kappa shape index (κ1) is 7.03. The van der Waals surface area contributed by atoms with Crippen molar-refractivity contribution in [3.8, 4) is 5.88 Å². The topological polar surface area (TPSA) is 62.0 Å². The fourth-order valence-electron chi connectivity index (χ4n) is 1.45. The zero-order valence-corrected chi connectivity index (χ0v) is 6.76. The molecule has 0 saturated carbocycles. The highest BCUT2D eigenvalue weighted by Crippen LogP contribution is 2.31. The second-order valence-corrected chi connectivity index (χ2v) is 2.87. The molecule has 0 spiro atoms. The lowest BCUT2D eigenvalue weighted by Gasteiger charge is -1.95. The van der Waals surface area contributed by atoms with Gasteiger partial charge in [0.25, 0.3) is 0 Å². The van der Waals surface area contributed by atoms with Crippen LogP contribution in [0.25, 0.3) is 10.8 Å². The lowest BCUT2D eigenvalue weighted by Crippen LogP contribution is -1.83. The number of hydrogen-bond donors (Lipinski definition) is 3. The third-order valence-corrected chi connectivity index (χ3v) is 2.04. The average molecular weight is 162 g/mol. The largest absolute Gasteiger partial charge is 0.494 e. The first-order chi connectivity index (χ1) is 5.70. The fraction of sp³-hybridized carbons (Fsp3) is 0.111. The highest BCUT2D eigenvalue weighted by Gasteiger charge is 2.07. The second-order valence-electron chi connectivity index (χ2n) is 2.87. The number of aromatic hydroxyl groups is 1. The van der Waals surface area contributed by atoms with Crippen LogP contribution in [0.4, 0.5) is 5.69 Å². The fourth-order valence-corrected chi connectivity index (χ4v) is 1.45. The van der Waals surface area contributed by atoms with E-state index in [1.807, 2.05) is 19.1 Å². The average Bonchev–Trinajstić information content (AvgIpc) is 2.29. The van der Waals surface area contributed by atoms with E-state index in [4.69, 9.17) is 5.73 Å². The number of benzene rings is 1. The predicted octanol–water partition coefficient (Wildman–Crippen LogP) is 1.76. The van der Waals surface area contributed by atoms with Crippen molar-refractivity contribution in [3.63, 3.8) is 0 Å². The molecule has 1 aromatic heterocycles. The van der Waals surface area contributed by atoms with Gasteiger partial charge in [-0.25, -0.2) is 0 Å². The number of fused-ring (bicyclic) bond motifs is 1. The molecule has 0 radical (unpaired) electrons. The number of aryl methyl sites for hydroxylation is 1. The van der Waals surface area contributed by atoms with Crippen molar-refractivity contribution in [1.82, 2.24) is 4.98 Å². The van der Waals surface area contributed by atoms with E-state index in [-0.39, 0.29) is 5.88 Å². The number of H-pyrrole nitrogens is 1. The van der Waals surface area contributed by atoms with Gasteiger partial charge in [0.1, 0.15) is 0 Å². The standard InChI is InChI=1S/C9H10N2O/c1-5-6-3-2-4-7(10)8(6)9(12)11-5/h2-4,11-12H,10H2,1H3. The molecule has 1 aromatic carbocycles. The van der Waals surface area contributed by atoms with E-state index in [1.54, 1.807) is 6.07 Å². The number of hydrogen-bond acceptors (Lipinski definition) is 2. The maximum Gasteiger partial charge on any atom is 0.198 e. The van der Waals surface area contributed by atoms with Gasteiger partial charge in [0.05, 0.1) is 5.39 Å². The summed E-state index contributed by atoms with van der Waals surface area (Å²) in [5.41, 5.74) is 7.24. The summed E-state index contributed by atoms with van der Waals surface area (Å²) in [6.07, 6.45) is 0. The summed E-state index contributed by atoms with van der Waals surface area (Å²) in [4.78, 5) is 2.83. The van der Waals surface area contributed by atoms with Crippen molar-refractivity contribution in [2.45, 2.75) is 6.92 Å². The van der Waals surface area contributed by atoms with Crippen LogP contribution in [0.3, 0.4) is 0 Å². The lowest BCUT2D eigenvalue weighted by molar-refractivity contribution is 0.462. The Labute approximate surface area is 69.8 Å². The van der Waals surface area contributed by atoms with E-state index in [1.165, 1.54) is 0 Å². The van der Waals surface area contributed by atoms with Crippen molar-refractivity contribution in [2.24, 2.45) is 0 Å². The molecule has 0 bridgehead atoms. The molecular weight excluding hydrogens is 152 g/mol. The van der Waals surface area contributed by atoms with Crippen molar-refractivity contribution >= 4 is 16.5 Å². The number of anilines is 1. The highest BCUT2D eigenvalue weighted by atomic mass is 16.3. The molecule has 0 amide bonds. The van der Waals surface area contributed by atoms with Gasteiger partial charge in [0.15, 0.2) is 5.88 Å². The van der Waals surface area contributed by atoms with Gasteiger partial charge < -0.3 is 15.8 Å². The number of nitrogens with one attached hydrogen (secondary N) is 1. The molecule has 62 valence electrons. The summed E-state index contributed by atoms with van der Waals surface area (Å²) in [7, 11) is 0. The van der Waals surface area contributed by atoms with E-state index < -0.39 is 0 Å². The first-order valence-electron chi connectivity index (χ1n) is 3.76. The normalized spacial score (nSPS) is 10.8. The Kier molecular flexibility index (Phi) is 1.27. The van der Waals surface area contributed by atoms with Crippen molar-refractivity contribution < 1.29 is 5.11 Å². The Balaban J connectivity index is 2.99. The molecule has 3 nitrogen and oxygen atoms in total. The maximum absolute atomic E-state index is 9.44. The minimum absolute atomic E-state index is 0.153. The summed E-state index contributed by atoms with van der Waals surface area (Å²) in [6, 6.07) is 5.57. The van der Waals surface area contributed by atoms with Crippen LogP contribution in [0.2, 0.25) is 0 Å². The van der Waals surface area contributed by atoms with Crippen LogP contribution in [0.1, 0.15) is 5.69 Å². The lowest BCUT2D eigenvalue weighted by atomic mass is 10.1. The van der Waals surface area contributed by atoms with Crippen LogP contribution >= 0.6 is 0 Å². The number of aromatic amines is 1. The molecule has 0 aliphatic heterocycles. The molecule has 1 heterocycles. The molecule has 0 atom stereocenters. The van der Waals surface area contributed by atoms with Crippen molar-refractivity contribution in [1.29, 1.82) is 0 Å². The number of nitrogen functional groups attached to an aromatic ring is 1. The Hall–Kier alpha value is -1.64. The Bertz CT molecular complexity index is 431. The minimum atomic E-state index is 0.153. The SMILES string of the molecule is Cc1[nH]c(O)c2c(N)cccc12. The highest BCUT2D eigenvalue weighted by molar-refractivity contribution is 5.98. The molecule has 2 rings (SSSR count). The van der Waals surface area contributed by atoms with Gasteiger partial charge >= 0.3 is 0 Å². The van der Waals surface area contributed by atoms with Crippen molar-refractivity contribution in [2.75, 3.05) is 5.73 Å². The summed E-state index contributed by atoms with van der Waals surface area (Å²) >= 11 is 0. The number of rotatable bonds is 0. The molecule has 0 fully saturated rings. The van der Waals surface area contributed by atoms with Gasteiger partial charge in [-0.1, -0.05) is 12.1 Å². The molecule has 0 aliphatic rings. The zero-order valence-electron chi connectivity index (χ0n) is 6.76. The van der Waals surface area contributed by atoms with E-state index in [0.29, 0.717) is 5.69 Å². The smallest absolute Gasteiger partial charge is 0.198 e. The second kappa shape index (κ2) is 2.17. The van der Waals surface area contributed by atoms with Crippen LogP contribution in [0.5, 0.6) is 5.88 Å². The minimum Gasteiger partial charge on any atom is -0.494 e. The van der Waals surface area contributed by atoms with Crippen LogP contribution < -0.4 is 5.73 Å². The van der Waals surface area contributed by atoms with E-state index in [2.05, 4.69) is 4.98 Å². The summed E-state index contributed by atoms with van der Waals surface area (Å²) < 4.78 is 0. The third-order valence-electron chi connectivity index (χ3n) is 2.04. The van der Waals surface area contributed by atoms with Crippen LogP contribution in [-0.2, 0) is 0 Å². The monoisotopic (exact) mass is 162 g/mol. The molecule has 0 unspecified atom stereocenters. The summed E-state index contributed by atoms with van der Waals surface area (Å²) in [6.45, 7) is 1.90. The van der Waals surface area contributed by atoms with Gasteiger partial charge in [-0.3, -0.25) is 0 Å². The van der Waals surface area contributed by atoms with E-state index in [0.717, 1.165) is 16.5 Å². The number of aromatic nitrogens is 1. The molecular formula is C9H10N2O. The Morgan fingerprint density at radius 1 is 1.42 bits per heavy atom. The van der Waals surface area contributed by atoms with Crippen LogP contribution in [0, 0.1) is 6.92 Å². The van der Waals surface area contributed by atoms with E-state index >= 15 is 0 Å². The Morgan fingerprint density at radius 3 is 2.83 bits per heavy atom. The molecule has 12 heavy (non-hydrogen) atoms. The van der Waals surface area contributed by atoms with Crippen LogP contribution in [-0.4, -0.2) is 10.1 Å². The summed E-state index contributed by atoms with van der Waals surface area (Å²) in [5, 5.41) is 11.1. The quantitative estimate of drug-likeness (QED) is 0.517. The zero-order chi connectivity index (χ0) is 8.72. The number of nitrogens with two attached hydrogens (primary N) is 1. The van der Waals surface area contributed by atoms with Crippen molar-refractivity contribution in [3.05, 3.63) is 23.9 Å². The predicted molar refractivity (Wildman–Crippen MR) is 49.1 cm³/mol. The maximum atomic E-state index is 9.44. The Morgan fingerprint density at radius 2 is 2.17 bits per heavy atom. The molecule has 2 aromatic rings. The van der Waals surface area contributed by atoms with Gasteiger partial charge in [-0.05, 0) is 13.0 Å². The van der Waals surface area contributed by atoms with Gasteiger partial charge in [0, 0.05) is 16.8 Å². The van der Waals surface area contributed by atoms with Crippen LogP contribution in [0.15, 0.2) is 18.2 Å². The molecule has 0 aliphatic carbocycles.